The highest BCUT2D eigenvalue weighted by Gasteiger charge is 2.54. The second-order valence-electron chi connectivity index (χ2n) is 8.73. The van der Waals surface area contributed by atoms with Gasteiger partial charge in [-0.15, -0.1) is 0 Å². The van der Waals surface area contributed by atoms with Crippen molar-refractivity contribution < 1.29 is 0 Å². The largest absolute Gasteiger partial charge is 0.293 e. The lowest BCUT2D eigenvalue weighted by Crippen LogP contribution is -2.38. The highest BCUT2D eigenvalue weighted by Crippen LogP contribution is 2.50. The molecule has 4 heteroatoms. The van der Waals surface area contributed by atoms with Gasteiger partial charge >= 0.3 is 0 Å². The van der Waals surface area contributed by atoms with Gasteiger partial charge in [0.2, 0.25) is 0 Å². The quantitative estimate of drug-likeness (QED) is 0.404. The van der Waals surface area contributed by atoms with Gasteiger partial charge in [0.25, 0.3) is 5.56 Å². The molecular weight excluding hydrogens is 394 g/mol. The zero-order valence-corrected chi connectivity index (χ0v) is 17.8. The van der Waals surface area contributed by atoms with Crippen LogP contribution in [0.5, 0.6) is 0 Å². The SMILES string of the molecule is O=c1c2ccccc2nc2n1N1[C@@H](C[C@@H]2CC/C=C/c2ccccc2)[C@@H]1c1ccccc1. The fourth-order valence-electron chi connectivity index (χ4n) is 5.15. The van der Waals surface area contributed by atoms with E-state index in [9.17, 15) is 4.79 Å². The van der Waals surface area contributed by atoms with E-state index in [-0.39, 0.29) is 17.5 Å². The van der Waals surface area contributed by atoms with Crippen LogP contribution in [0.3, 0.4) is 0 Å². The molecule has 0 radical (unpaired) electrons. The van der Waals surface area contributed by atoms with Crippen LogP contribution in [-0.4, -0.2) is 15.7 Å². The predicted molar refractivity (Wildman–Crippen MR) is 129 cm³/mol. The fraction of sp³-hybridized carbons (Fsp3) is 0.214. The van der Waals surface area contributed by atoms with Gasteiger partial charge in [-0.3, -0.25) is 9.80 Å². The van der Waals surface area contributed by atoms with E-state index >= 15 is 0 Å². The zero-order chi connectivity index (χ0) is 21.5. The summed E-state index contributed by atoms with van der Waals surface area (Å²) in [6, 6.07) is 29.2. The second kappa shape index (κ2) is 7.79. The summed E-state index contributed by atoms with van der Waals surface area (Å²) in [6.45, 7) is 0. The molecule has 4 aromatic rings. The molecular formula is C28H25N3O. The van der Waals surface area contributed by atoms with Crippen LogP contribution in [0.15, 0.2) is 95.8 Å². The number of para-hydroxylation sites is 1. The van der Waals surface area contributed by atoms with Crippen LogP contribution in [0.1, 0.15) is 48.2 Å². The van der Waals surface area contributed by atoms with Crippen LogP contribution in [0.2, 0.25) is 0 Å². The molecule has 1 saturated heterocycles. The molecule has 1 aromatic heterocycles. The van der Waals surface area contributed by atoms with Gasteiger partial charge in [-0.05, 0) is 42.5 Å². The Hall–Kier alpha value is -3.66. The molecule has 158 valence electrons. The first-order valence-electron chi connectivity index (χ1n) is 11.4. The van der Waals surface area contributed by atoms with E-state index < -0.39 is 0 Å². The summed E-state index contributed by atoms with van der Waals surface area (Å²) in [4.78, 5) is 18.5. The van der Waals surface area contributed by atoms with Crippen LogP contribution in [-0.2, 0) is 0 Å². The van der Waals surface area contributed by atoms with Crippen molar-refractivity contribution in [2.24, 2.45) is 0 Å². The van der Waals surface area contributed by atoms with E-state index in [1.165, 1.54) is 11.1 Å². The molecule has 4 nitrogen and oxygen atoms in total. The summed E-state index contributed by atoms with van der Waals surface area (Å²) in [5.41, 5.74) is 3.34. The van der Waals surface area contributed by atoms with Crippen molar-refractivity contribution in [3.05, 3.63) is 118 Å². The summed E-state index contributed by atoms with van der Waals surface area (Å²) in [5, 5.41) is 2.93. The van der Waals surface area contributed by atoms with Crippen molar-refractivity contribution in [2.75, 3.05) is 5.01 Å². The Morgan fingerprint density at radius 2 is 1.62 bits per heavy atom. The number of aromatic nitrogens is 2. The lowest BCUT2D eigenvalue weighted by Gasteiger charge is -2.26. The number of nitrogens with zero attached hydrogens (tertiary/aromatic N) is 3. The smallest absolute Gasteiger partial charge is 0.280 e. The van der Waals surface area contributed by atoms with E-state index in [0.717, 1.165) is 30.6 Å². The van der Waals surface area contributed by atoms with E-state index in [4.69, 9.17) is 4.98 Å². The average molecular weight is 420 g/mol. The molecule has 1 fully saturated rings. The highest BCUT2D eigenvalue weighted by atomic mass is 16.1. The zero-order valence-electron chi connectivity index (χ0n) is 17.8. The monoisotopic (exact) mass is 419 g/mol. The molecule has 0 bridgehead atoms. The molecule has 2 aliphatic heterocycles. The molecule has 0 amide bonds. The van der Waals surface area contributed by atoms with Gasteiger partial charge < -0.3 is 0 Å². The molecule has 3 atom stereocenters. The molecule has 6 rings (SSSR count). The summed E-state index contributed by atoms with van der Waals surface area (Å²) < 4.78 is 1.89. The molecule has 3 heterocycles. The minimum atomic E-state index is 0.0542. The number of fused-ring (bicyclic) bond motifs is 4. The lowest BCUT2D eigenvalue weighted by molar-refractivity contribution is 0.471. The molecule has 3 aromatic carbocycles. The molecule has 32 heavy (non-hydrogen) atoms. The topological polar surface area (TPSA) is 37.9 Å². The van der Waals surface area contributed by atoms with Crippen LogP contribution < -0.4 is 10.6 Å². The van der Waals surface area contributed by atoms with E-state index in [0.29, 0.717) is 11.4 Å². The van der Waals surface area contributed by atoms with Gasteiger partial charge in [0.15, 0.2) is 0 Å². The Morgan fingerprint density at radius 3 is 2.44 bits per heavy atom. The first-order valence-corrected chi connectivity index (χ1v) is 11.4. The van der Waals surface area contributed by atoms with Crippen molar-refractivity contribution in [2.45, 2.75) is 37.3 Å². The molecule has 0 unspecified atom stereocenters. The van der Waals surface area contributed by atoms with Crippen molar-refractivity contribution in [3.63, 3.8) is 0 Å². The van der Waals surface area contributed by atoms with Crippen molar-refractivity contribution in [3.8, 4) is 0 Å². The number of hydrogen-bond acceptors (Lipinski definition) is 3. The predicted octanol–water partition coefficient (Wildman–Crippen LogP) is 5.44. The minimum absolute atomic E-state index is 0.0542. The Morgan fingerprint density at radius 1 is 0.906 bits per heavy atom. The standard InChI is InChI=1S/C28H25N3O/c32-28-23-17-9-10-18-24(23)29-27-22(16-8-7-13-20-11-3-1-4-12-20)19-25-26(30(25)31(27)28)21-14-5-2-6-15-21/h1-7,9-15,17-18,22,25-26H,8,16,19H2/b13-7+/t22-,25-,26-,30?/m0/s1. The lowest BCUT2D eigenvalue weighted by atomic mass is 9.93. The second-order valence-corrected chi connectivity index (χ2v) is 8.73. The Balaban J connectivity index is 1.34. The summed E-state index contributed by atoms with van der Waals surface area (Å²) in [5.74, 6) is 1.18. The number of allylic oxidation sites excluding steroid dienone is 1. The Bertz CT molecular complexity index is 1340. The molecule has 0 spiro atoms. The van der Waals surface area contributed by atoms with Crippen molar-refractivity contribution >= 4 is 17.0 Å². The number of benzene rings is 3. The fourth-order valence-corrected chi connectivity index (χ4v) is 5.15. The van der Waals surface area contributed by atoms with Crippen LogP contribution >= 0.6 is 0 Å². The van der Waals surface area contributed by atoms with Crippen LogP contribution in [0.4, 0.5) is 0 Å². The number of hydrogen-bond donors (Lipinski definition) is 0. The van der Waals surface area contributed by atoms with E-state index in [1.54, 1.807) is 0 Å². The van der Waals surface area contributed by atoms with Gasteiger partial charge in [-0.25, -0.2) is 9.66 Å². The maximum absolute atomic E-state index is 13.5. The van der Waals surface area contributed by atoms with E-state index in [1.807, 2.05) is 41.1 Å². The Kier molecular flexibility index (Phi) is 4.64. The van der Waals surface area contributed by atoms with Crippen molar-refractivity contribution in [1.82, 2.24) is 9.66 Å². The third-order valence-corrected chi connectivity index (χ3v) is 6.73. The van der Waals surface area contributed by atoms with Crippen molar-refractivity contribution in [1.29, 1.82) is 0 Å². The van der Waals surface area contributed by atoms with Gasteiger partial charge in [0.05, 0.1) is 23.0 Å². The summed E-state index contributed by atoms with van der Waals surface area (Å²) in [7, 11) is 0. The highest BCUT2D eigenvalue weighted by molar-refractivity contribution is 5.77. The van der Waals surface area contributed by atoms with Crippen LogP contribution in [0, 0.1) is 0 Å². The van der Waals surface area contributed by atoms with Gasteiger partial charge in [0, 0.05) is 5.92 Å². The average Bonchev–Trinajstić information content (AvgIpc) is 3.57. The van der Waals surface area contributed by atoms with Gasteiger partial charge in [0.1, 0.15) is 5.82 Å². The third-order valence-electron chi connectivity index (χ3n) is 6.73. The molecule has 0 aliphatic carbocycles. The van der Waals surface area contributed by atoms with Gasteiger partial charge in [-0.2, -0.15) is 0 Å². The first kappa shape index (κ1) is 19.1. The summed E-state index contributed by atoms with van der Waals surface area (Å²) >= 11 is 0. The number of rotatable bonds is 5. The normalized spacial score (nSPS) is 21.5. The summed E-state index contributed by atoms with van der Waals surface area (Å²) in [6.07, 6.45) is 7.40. The van der Waals surface area contributed by atoms with Crippen LogP contribution in [0.25, 0.3) is 17.0 Å². The molecule has 0 saturated carbocycles. The minimum Gasteiger partial charge on any atom is -0.293 e. The molecule has 0 N–H and O–H groups in total. The third kappa shape index (κ3) is 3.23. The van der Waals surface area contributed by atoms with E-state index in [2.05, 4.69) is 65.7 Å². The maximum Gasteiger partial charge on any atom is 0.280 e. The maximum atomic E-state index is 13.5. The molecule has 2 aliphatic rings. The first-order chi connectivity index (χ1) is 15.8. The van der Waals surface area contributed by atoms with Gasteiger partial charge in [-0.1, -0.05) is 84.9 Å². The Labute approximate surface area is 187 Å².